The summed E-state index contributed by atoms with van der Waals surface area (Å²) in [5.41, 5.74) is 3.89. The lowest BCUT2D eigenvalue weighted by atomic mass is 10.1. The van der Waals surface area contributed by atoms with Gasteiger partial charge in [0, 0.05) is 50.0 Å². The summed E-state index contributed by atoms with van der Waals surface area (Å²) in [6.07, 6.45) is 1.08. The summed E-state index contributed by atoms with van der Waals surface area (Å²) in [4.78, 5) is 28.5. The molecule has 0 heterocycles. The second kappa shape index (κ2) is 10.5. The number of hydrogen-bond donors (Lipinski definition) is 1. The van der Waals surface area contributed by atoms with Crippen LogP contribution in [0.1, 0.15) is 39.7 Å². The van der Waals surface area contributed by atoms with Crippen LogP contribution in [0.3, 0.4) is 0 Å². The maximum absolute atomic E-state index is 12.4. The number of benzene rings is 2. The Morgan fingerprint density at radius 2 is 1.57 bits per heavy atom. The molecule has 2 aromatic rings. The molecular weight excluding hydrogens is 350 g/mol. The Kier molecular flexibility index (Phi) is 8.05. The summed E-state index contributed by atoms with van der Waals surface area (Å²) in [7, 11) is 0. The number of aryl methyl sites for hydroxylation is 1. The first kappa shape index (κ1) is 21.5. The van der Waals surface area contributed by atoms with Crippen LogP contribution < -0.4 is 15.1 Å². The number of carbonyl (C=O) groups excluding carboxylic acids is 2. The molecule has 0 saturated heterocycles. The van der Waals surface area contributed by atoms with Gasteiger partial charge >= 0.3 is 0 Å². The van der Waals surface area contributed by atoms with Crippen LogP contribution in [0, 0.1) is 0 Å². The summed E-state index contributed by atoms with van der Waals surface area (Å²) in [6.45, 7) is 10.1. The predicted octanol–water partition coefficient (Wildman–Crippen LogP) is 4.48. The van der Waals surface area contributed by atoms with Crippen molar-refractivity contribution in [3.63, 3.8) is 0 Å². The Morgan fingerprint density at radius 1 is 0.929 bits per heavy atom. The fourth-order valence-corrected chi connectivity index (χ4v) is 3.30. The lowest BCUT2D eigenvalue weighted by Crippen LogP contribution is -2.32. The van der Waals surface area contributed by atoms with Gasteiger partial charge < -0.3 is 15.1 Å². The third-order valence-corrected chi connectivity index (χ3v) is 4.89. The molecule has 5 heteroatoms. The standard InChI is InChI=1S/C23H31N3O2/c1-5-19-10-8-9-11-22(19)26(18(4)27)17-16-23(28)24-20-12-14-21(15-13-20)25(6-2)7-3/h8-15H,5-7,16-17H2,1-4H3,(H,24,28). The highest BCUT2D eigenvalue weighted by Crippen LogP contribution is 2.22. The number of para-hydroxylation sites is 1. The van der Waals surface area contributed by atoms with Gasteiger partial charge in [0.2, 0.25) is 11.8 Å². The van der Waals surface area contributed by atoms with Crippen molar-refractivity contribution in [2.75, 3.05) is 34.8 Å². The van der Waals surface area contributed by atoms with Crippen LogP contribution in [-0.4, -0.2) is 31.4 Å². The molecule has 2 amide bonds. The van der Waals surface area contributed by atoms with Crippen LogP contribution in [0.2, 0.25) is 0 Å². The van der Waals surface area contributed by atoms with Crippen molar-refractivity contribution in [3.8, 4) is 0 Å². The minimum absolute atomic E-state index is 0.0581. The maximum atomic E-state index is 12.4. The summed E-state index contributed by atoms with van der Waals surface area (Å²) in [6, 6.07) is 15.7. The first-order valence-corrected chi connectivity index (χ1v) is 10.0. The Labute approximate surface area is 168 Å². The molecule has 0 spiro atoms. The van der Waals surface area contributed by atoms with Gasteiger partial charge in [-0.3, -0.25) is 9.59 Å². The van der Waals surface area contributed by atoms with Gasteiger partial charge in [-0.25, -0.2) is 0 Å². The maximum Gasteiger partial charge on any atom is 0.226 e. The zero-order valence-corrected chi connectivity index (χ0v) is 17.4. The van der Waals surface area contributed by atoms with Gasteiger partial charge in [0.25, 0.3) is 0 Å². The zero-order chi connectivity index (χ0) is 20.5. The topological polar surface area (TPSA) is 52.7 Å². The number of rotatable bonds is 9. The van der Waals surface area contributed by atoms with Gasteiger partial charge in [-0.05, 0) is 56.2 Å². The zero-order valence-electron chi connectivity index (χ0n) is 17.4. The van der Waals surface area contributed by atoms with Gasteiger partial charge in [-0.1, -0.05) is 25.1 Å². The molecule has 150 valence electrons. The van der Waals surface area contributed by atoms with Crippen molar-refractivity contribution in [2.45, 2.75) is 40.5 Å². The van der Waals surface area contributed by atoms with Gasteiger partial charge in [-0.2, -0.15) is 0 Å². The van der Waals surface area contributed by atoms with E-state index >= 15 is 0 Å². The van der Waals surface area contributed by atoms with Crippen LogP contribution in [0.15, 0.2) is 48.5 Å². The molecule has 0 aliphatic heterocycles. The molecule has 1 N–H and O–H groups in total. The molecule has 0 aliphatic carbocycles. The third-order valence-electron chi connectivity index (χ3n) is 4.89. The number of amides is 2. The van der Waals surface area contributed by atoms with Gasteiger partial charge in [0.15, 0.2) is 0 Å². The van der Waals surface area contributed by atoms with E-state index in [0.29, 0.717) is 6.54 Å². The fourth-order valence-electron chi connectivity index (χ4n) is 3.30. The van der Waals surface area contributed by atoms with E-state index in [1.807, 2.05) is 48.5 Å². The Hall–Kier alpha value is -2.82. The molecule has 0 radical (unpaired) electrons. The van der Waals surface area contributed by atoms with Crippen molar-refractivity contribution in [2.24, 2.45) is 0 Å². The normalized spacial score (nSPS) is 10.4. The second-order valence-electron chi connectivity index (χ2n) is 6.67. The molecule has 0 fully saturated rings. The van der Waals surface area contributed by atoms with E-state index in [4.69, 9.17) is 0 Å². The molecule has 0 atom stereocenters. The molecule has 0 aromatic heterocycles. The molecule has 0 saturated carbocycles. The number of nitrogens with zero attached hydrogens (tertiary/aromatic N) is 2. The number of nitrogens with one attached hydrogen (secondary N) is 1. The smallest absolute Gasteiger partial charge is 0.226 e. The minimum Gasteiger partial charge on any atom is -0.372 e. The van der Waals surface area contributed by atoms with Crippen molar-refractivity contribution in [3.05, 3.63) is 54.1 Å². The Morgan fingerprint density at radius 3 is 2.14 bits per heavy atom. The van der Waals surface area contributed by atoms with Crippen LogP contribution in [0.4, 0.5) is 17.1 Å². The summed E-state index contributed by atoms with van der Waals surface area (Å²) in [5, 5.41) is 2.92. The van der Waals surface area contributed by atoms with Crippen LogP contribution >= 0.6 is 0 Å². The van der Waals surface area contributed by atoms with Crippen LogP contribution in [0.5, 0.6) is 0 Å². The summed E-state index contributed by atoms with van der Waals surface area (Å²) in [5.74, 6) is -0.159. The fraction of sp³-hybridized carbons (Fsp3) is 0.391. The Balaban J connectivity index is 1.99. The Bertz CT molecular complexity index is 783. The van der Waals surface area contributed by atoms with Crippen LogP contribution in [-0.2, 0) is 16.0 Å². The average molecular weight is 382 g/mol. The highest BCUT2D eigenvalue weighted by molar-refractivity contribution is 5.95. The van der Waals surface area contributed by atoms with Crippen molar-refractivity contribution in [1.29, 1.82) is 0 Å². The largest absolute Gasteiger partial charge is 0.372 e. The number of carbonyl (C=O) groups is 2. The quantitative estimate of drug-likeness (QED) is 0.697. The molecule has 28 heavy (non-hydrogen) atoms. The molecule has 2 aromatic carbocycles. The van der Waals surface area contributed by atoms with E-state index < -0.39 is 0 Å². The van der Waals surface area contributed by atoms with Crippen LogP contribution in [0.25, 0.3) is 0 Å². The average Bonchev–Trinajstić information content (AvgIpc) is 2.70. The highest BCUT2D eigenvalue weighted by atomic mass is 16.2. The third kappa shape index (κ3) is 5.59. The van der Waals surface area contributed by atoms with E-state index in [-0.39, 0.29) is 18.2 Å². The number of anilines is 3. The molecule has 0 bridgehead atoms. The summed E-state index contributed by atoms with van der Waals surface area (Å²) < 4.78 is 0. The van der Waals surface area contributed by atoms with Crippen molar-refractivity contribution < 1.29 is 9.59 Å². The van der Waals surface area contributed by atoms with E-state index in [0.717, 1.165) is 42.1 Å². The highest BCUT2D eigenvalue weighted by Gasteiger charge is 2.16. The monoisotopic (exact) mass is 381 g/mol. The summed E-state index contributed by atoms with van der Waals surface area (Å²) >= 11 is 0. The minimum atomic E-state index is -0.101. The molecule has 0 aliphatic rings. The first-order valence-electron chi connectivity index (χ1n) is 10.0. The van der Waals surface area contributed by atoms with Gasteiger partial charge in [-0.15, -0.1) is 0 Å². The molecule has 2 rings (SSSR count). The lowest BCUT2D eigenvalue weighted by molar-refractivity contribution is -0.117. The molecule has 0 unspecified atom stereocenters. The van der Waals surface area contributed by atoms with Gasteiger partial charge in [0.1, 0.15) is 0 Å². The molecular formula is C23H31N3O2. The second-order valence-corrected chi connectivity index (χ2v) is 6.67. The van der Waals surface area contributed by atoms with E-state index in [9.17, 15) is 9.59 Å². The van der Waals surface area contributed by atoms with E-state index in [2.05, 4.69) is 31.0 Å². The molecule has 5 nitrogen and oxygen atoms in total. The first-order chi connectivity index (χ1) is 13.5. The van der Waals surface area contributed by atoms with Crippen molar-refractivity contribution in [1.82, 2.24) is 0 Å². The SMILES string of the molecule is CCc1ccccc1N(CCC(=O)Nc1ccc(N(CC)CC)cc1)C(C)=O. The van der Waals surface area contributed by atoms with E-state index in [1.54, 1.807) is 4.90 Å². The number of hydrogen-bond acceptors (Lipinski definition) is 3. The predicted molar refractivity (Wildman–Crippen MR) is 117 cm³/mol. The van der Waals surface area contributed by atoms with Crippen molar-refractivity contribution >= 4 is 28.9 Å². The van der Waals surface area contributed by atoms with E-state index in [1.165, 1.54) is 6.92 Å². The lowest BCUT2D eigenvalue weighted by Gasteiger charge is -2.23. The van der Waals surface area contributed by atoms with Gasteiger partial charge in [0.05, 0.1) is 0 Å².